The summed E-state index contributed by atoms with van der Waals surface area (Å²) in [4.78, 5) is 0. The Morgan fingerprint density at radius 3 is 2.53 bits per heavy atom. The number of ether oxygens (including phenoxy) is 1. The third-order valence-electron chi connectivity index (χ3n) is 3.60. The first-order valence-corrected chi connectivity index (χ1v) is 6.48. The zero-order valence-corrected chi connectivity index (χ0v) is 10.6. The molecule has 0 bridgehead atoms. The minimum Gasteiger partial charge on any atom is -0.384 e. The molecule has 0 spiro atoms. The third kappa shape index (κ3) is 4.52. The van der Waals surface area contributed by atoms with Crippen molar-refractivity contribution in [2.45, 2.75) is 58.4 Å². The monoisotopic (exact) mass is 213 g/mol. The fourth-order valence-electron chi connectivity index (χ4n) is 2.12. The minimum atomic E-state index is 0.382. The second-order valence-electron chi connectivity index (χ2n) is 5.05. The summed E-state index contributed by atoms with van der Waals surface area (Å²) in [5, 5.41) is 3.66. The Bertz CT molecular complexity index is 168. The molecular weight excluding hydrogens is 186 g/mol. The predicted molar refractivity (Wildman–Crippen MR) is 65.1 cm³/mol. The molecule has 0 radical (unpaired) electrons. The van der Waals surface area contributed by atoms with Crippen LogP contribution in [0.5, 0.6) is 0 Å². The topological polar surface area (TPSA) is 21.3 Å². The van der Waals surface area contributed by atoms with E-state index in [1.807, 2.05) is 7.11 Å². The molecule has 1 N–H and O–H groups in total. The van der Waals surface area contributed by atoms with Gasteiger partial charge in [0.05, 0.1) is 6.61 Å². The van der Waals surface area contributed by atoms with Gasteiger partial charge >= 0.3 is 0 Å². The van der Waals surface area contributed by atoms with Crippen molar-refractivity contribution in [3.63, 3.8) is 0 Å². The molecule has 1 aliphatic rings. The normalized spacial score (nSPS) is 20.2. The smallest absolute Gasteiger partial charge is 0.0530 e. The maximum absolute atomic E-state index is 5.41. The van der Waals surface area contributed by atoms with Gasteiger partial charge < -0.3 is 10.1 Å². The quantitative estimate of drug-likeness (QED) is 0.636. The summed E-state index contributed by atoms with van der Waals surface area (Å²) in [7, 11) is 1.83. The molecule has 0 heterocycles. The first kappa shape index (κ1) is 13.0. The van der Waals surface area contributed by atoms with Crippen LogP contribution in [0.15, 0.2) is 0 Å². The van der Waals surface area contributed by atoms with E-state index in [1.54, 1.807) is 0 Å². The zero-order chi connectivity index (χ0) is 11.1. The Labute approximate surface area is 94.8 Å². The molecule has 0 amide bonds. The summed E-state index contributed by atoms with van der Waals surface area (Å²) >= 11 is 0. The van der Waals surface area contributed by atoms with Crippen molar-refractivity contribution in [3.05, 3.63) is 0 Å². The molecule has 1 rings (SSSR count). The maximum atomic E-state index is 5.41. The van der Waals surface area contributed by atoms with Crippen LogP contribution in [0.1, 0.15) is 52.4 Å². The van der Waals surface area contributed by atoms with E-state index in [2.05, 4.69) is 19.2 Å². The van der Waals surface area contributed by atoms with Gasteiger partial charge in [0, 0.05) is 25.1 Å². The Morgan fingerprint density at radius 1 is 1.33 bits per heavy atom. The average molecular weight is 213 g/mol. The summed E-state index contributed by atoms with van der Waals surface area (Å²) in [5.41, 5.74) is 0.382. The summed E-state index contributed by atoms with van der Waals surface area (Å²) in [6, 6.07) is 0.814. The van der Waals surface area contributed by atoms with Crippen LogP contribution >= 0.6 is 0 Å². The molecule has 0 aliphatic heterocycles. The third-order valence-corrected chi connectivity index (χ3v) is 3.60. The zero-order valence-electron chi connectivity index (χ0n) is 10.6. The van der Waals surface area contributed by atoms with Crippen LogP contribution in [0.25, 0.3) is 0 Å². The van der Waals surface area contributed by atoms with Gasteiger partial charge in [0.15, 0.2) is 0 Å². The molecule has 0 aromatic rings. The van der Waals surface area contributed by atoms with Crippen molar-refractivity contribution in [1.29, 1.82) is 0 Å². The van der Waals surface area contributed by atoms with E-state index in [0.717, 1.165) is 19.2 Å². The summed E-state index contributed by atoms with van der Waals surface area (Å²) < 4.78 is 5.41. The average Bonchev–Trinajstić information content (AvgIpc) is 3.06. The van der Waals surface area contributed by atoms with Gasteiger partial charge in [-0.1, -0.05) is 26.7 Å². The van der Waals surface area contributed by atoms with Crippen LogP contribution < -0.4 is 5.32 Å². The molecule has 1 unspecified atom stereocenters. The number of hydrogen-bond acceptors (Lipinski definition) is 2. The fourth-order valence-corrected chi connectivity index (χ4v) is 2.12. The second kappa shape index (κ2) is 6.49. The summed E-state index contributed by atoms with van der Waals surface area (Å²) in [6.07, 6.45) is 7.88. The van der Waals surface area contributed by atoms with Gasteiger partial charge in [0.2, 0.25) is 0 Å². The Morgan fingerprint density at radius 2 is 2.07 bits per heavy atom. The van der Waals surface area contributed by atoms with Crippen molar-refractivity contribution in [2.75, 3.05) is 20.3 Å². The standard InChI is InChI=1S/C13H27NO/c1-4-6-9-13(5-2,11-15-3)10-14-12-7-8-12/h12,14H,4-11H2,1-3H3. The molecule has 1 atom stereocenters. The lowest BCUT2D eigenvalue weighted by atomic mass is 9.81. The number of nitrogens with one attached hydrogen (secondary N) is 1. The predicted octanol–water partition coefficient (Wildman–Crippen LogP) is 2.97. The number of hydrogen-bond donors (Lipinski definition) is 1. The van der Waals surface area contributed by atoms with Gasteiger partial charge in [-0.25, -0.2) is 0 Å². The molecule has 1 aliphatic carbocycles. The molecule has 15 heavy (non-hydrogen) atoms. The van der Waals surface area contributed by atoms with Crippen molar-refractivity contribution in [1.82, 2.24) is 5.32 Å². The first-order chi connectivity index (χ1) is 7.26. The van der Waals surface area contributed by atoms with Crippen molar-refractivity contribution < 1.29 is 4.74 Å². The lowest BCUT2D eigenvalue weighted by molar-refractivity contribution is 0.0658. The molecule has 0 aromatic carbocycles. The van der Waals surface area contributed by atoms with Crippen molar-refractivity contribution >= 4 is 0 Å². The Balaban J connectivity index is 2.37. The maximum Gasteiger partial charge on any atom is 0.0530 e. The lowest BCUT2D eigenvalue weighted by Gasteiger charge is -2.32. The largest absolute Gasteiger partial charge is 0.384 e. The summed E-state index contributed by atoms with van der Waals surface area (Å²) in [6.45, 7) is 6.61. The van der Waals surface area contributed by atoms with Crippen molar-refractivity contribution in [2.24, 2.45) is 5.41 Å². The van der Waals surface area contributed by atoms with Crippen LogP contribution in [-0.2, 0) is 4.74 Å². The van der Waals surface area contributed by atoms with E-state index in [0.29, 0.717) is 5.41 Å². The van der Waals surface area contributed by atoms with Crippen LogP contribution in [0.2, 0.25) is 0 Å². The molecule has 0 saturated heterocycles. The van der Waals surface area contributed by atoms with E-state index in [1.165, 1.54) is 38.5 Å². The van der Waals surface area contributed by atoms with E-state index < -0.39 is 0 Å². The van der Waals surface area contributed by atoms with Gasteiger partial charge in [0.1, 0.15) is 0 Å². The van der Waals surface area contributed by atoms with E-state index in [-0.39, 0.29) is 0 Å². The molecule has 0 aromatic heterocycles. The van der Waals surface area contributed by atoms with E-state index >= 15 is 0 Å². The highest BCUT2D eigenvalue weighted by molar-refractivity contribution is 4.87. The van der Waals surface area contributed by atoms with Crippen LogP contribution in [0.3, 0.4) is 0 Å². The van der Waals surface area contributed by atoms with Crippen LogP contribution in [0.4, 0.5) is 0 Å². The van der Waals surface area contributed by atoms with E-state index in [9.17, 15) is 0 Å². The molecule has 1 fully saturated rings. The number of unbranched alkanes of at least 4 members (excludes halogenated alkanes) is 1. The lowest BCUT2D eigenvalue weighted by Crippen LogP contribution is -2.38. The molecule has 2 nitrogen and oxygen atoms in total. The van der Waals surface area contributed by atoms with Gasteiger partial charge in [0.25, 0.3) is 0 Å². The Hall–Kier alpha value is -0.0800. The van der Waals surface area contributed by atoms with Gasteiger partial charge in [-0.05, 0) is 25.7 Å². The van der Waals surface area contributed by atoms with Crippen molar-refractivity contribution in [3.8, 4) is 0 Å². The molecule has 2 heteroatoms. The SMILES string of the molecule is CCCCC(CC)(CNC1CC1)COC. The van der Waals surface area contributed by atoms with Gasteiger partial charge in [-0.3, -0.25) is 0 Å². The first-order valence-electron chi connectivity index (χ1n) is 6.48. The number of methoxy groups -OCH3 is 1. The highest BCUT2D eigenvalue weighted by Crippen LogP contribution is 2.30. The van der Waals surface area contributed by atoms with Crippen LogP contribution in [-0.4, -0.2) is 26.3 Å². The second-order valence-corrected chi connectivity index (χ2v) is 5.05. The van der Waals surface area contributed by atoms with Crippen LogP contribution in [0, 0.1) is 5.41 Å². The summed E-state index contributed by atoms with van der Waals surface area (Å²) in [5.74, 6) is 0. The highest BCUT2D eigenvalue weighted by Gasteiger charge is 2.30. The Kier molecular flexibility index (Phi) is 5.62. The highest BCUT2D eigenvalue weighted by atomic mass is 16.5. The van der Waals surface area contributed by atoms with Gasteiger partial charge in [-0.2, -0.15) is 0 Å². The number of rotatable bonds is 9. The fraction of sp³-hybridized carbons (Fsp3) is 1.00. The van der Waals surface area contributed by atoms with E-state index in [4.69, 9.17) is 4.74 Å². The molecule has 90 valence electrons. The minimum absolute atomic E-state index is 0.382. The molecular formula is C13H27NO. The molecule has 1 saturated carbocycles. The van der Waals surface area contributed by atoms with Gasteiger partial charge in [-0.15, -0.1) is 0 Å².